The van der Waals surface area contributed by atoms with Crippen LogP contribution >= 0.6 is 0 Å². The molecule has 0 aliphatic rings. The van der Waals surface area contributed by atoms with E-state index in [1.54, 1.807) is 0 Å². The van der Waals surface area contributed by atoms with Crippen molar-refractivity contribution < 1.29 is 126 Å². The van der Waals surface area contributed by atoms with Gasteiger partial charge in [-0.3, -0.25) is 0 Å². The van der Waals surface area contributed by atoms with E-state index in [0.29, 0.717) is 0 Å². The summed E-state index contributed by atoms with van der Waals surface area (Å²) >= 11 is 0. The zero-order chi connectivity index (χ0) is 6.57. The molecule has 0 atom stereocenters. The van der Waals surface area contributed by atoms with Crippen molar-refractivity contribution in [1.82, 2.24) is 0 Å². The summed E-state index contributed by atoms with van der Waals surface area (Å²) < 4.78 is 0. The van der Waals surface area contributed by atoms with Gasteiger partial charge >= 0.3 is 21.1 Å². The van der Waals surface area contributed by atoms with Gasteiger partial charge in [-0.15, -0.1) is 0 Å². The summed E-state index contributed by atoms with van der Waals surface area (Å²) in [6, 6.07) is 0. The van der Waals surface area contributed by atoms with Crippen molar-refractivity contribution in [1.29, 1.82) is 0 Å². The van der Waals surface area contributed by atoms with Crippen LogP contribution in [0.3, 0.4) is 0 Å². The molecule has 6 heteroatoms. The number of hydrogen-bond acceptors (Lipinski definition) is 0. The molecular formula is C8H16W6. The Labute approximate surface area is 176 Å². The van der Waals surface area contributed by atoms with Crippen molar-refractivity contribution in [3.8, 4) is 0 Å². The first-order chi connectivity index (χ1) is 3.72. The molecule has 0 fully saturated rings. The van der Waals surface area contributed by atoms with Crippen LogP contribution in [0.25, 0.3) is 0 Å². The minimum atomic E-state index is 0. The number of hydrogen-bond donors (Lipinski definition) is 0. The second-order valence-corrected chi connectivity index (χ2v) is 2.58. The van der Waals surface area contributed by atoms with Crippen LogP contribution in [0.1, 0.15) is 26.7 Å². The first-order valence-electron chi connectivity index (χ1n) is 3.30. The predicted octanol–water partition coefficient (Wildman–Crippen LogP) is 2.69. The largest absolute Gasteiger partial charge is 2.00 e. The van der Waals surface area contributed by atoms with Crippen LogP contribution in [0.5, 0.6) is 0 Å². The molecule has 0 saturated carbocycles. The van der Waals surface area contributed by atoms with E-state index in [9.17, 15) is 0 Å². The van der Waals surface area contributed by atoms with Gasteiger partial charge in [-0.05, 0) is 5.92 Å². The Hall–Kier alpha value is 4.13. The zero-order valence-electron chi connectivity index (χ0n) is 8.43. The fraction of sp³-hybridized carbons (Fsp3) is 0.750. The predicted molar refractivity (Wildman–Crippen MR) is 38.3 cm³/mol. The van der Waals surface area contributed by atoms with Gasteiger partial charge in [0, 0.05) is 105 Å². The molecule has 0 nitrogen and oxygen atoms in total. The Kier molecular flexibility index (Phi) is 92.9. The summed E-state index contributed by atoms with van der Waals surface area (Å²) in [5.41, 5.74) is 0. The molecule has 0 aliphatic heterocycles. The minimum Gasteiger partial charge on any atom is -0.343 e. The van der Waals surface area contributed by atoms with E-state index in [0.717, 1.165) is 24.7 Å². The van der Waals surface area contributed by atoms with Crippen LogP contribution in [0.2, 0.25) is 0 Å². The van der Waals surface area contributed by atoms with Gasteiger partial charge in [0.2, 0.25) is 0 Å². The maximum Gasteiger partial charge on any atom is 2.00 e. The van der Waals surface area contributed by atoms with Gasteiger partial charge < -0.3 is 13.8 Å². The smallest absolute Gasteiger partial charge is 0.343 e. The monoisotopic (exact) mass is 1220 g/mol. The fourth-order valence-electron chi connectivity index (χ4n) is 0.811. The Balaban J connectivity index is -0.0000000163. The van der Waals surface area contributed by atoms with Gasteiger partial charge in [0.15, 0.2) is 0 Å². The SMILES string of the molecule is [CH2-]CC(C[CH2-])C(C)C.[W+2].[W].[W].[W].[W].[W]. The average molecular weight is 1220 g/mol. The van der Waals surface area contributed by atoms with Crippen LogP contribution in [-0.4, -0.2) is 0 Å². The summed E-state index contributed by atoms with van der Waals surface area (Å²) in [7, 11) is 0. The fourth-order valence-corrected chi connectivity index (χ4v) is 0.811. The number of rotatable bonds is 3. The van der Waals surface area contributed by atoms with E-state index in [1.165, 1.54) is 0 Å². The van der Waals surface area contributed by atoms with Crippen molar-refractivity contribution in [3.05, 3.63) is 13.8 Å². The Morgan fingerprint density at radius 3 is 1.00 bits per heavy atom. The molecule has 0 N–H and O–H groups in total. The van der Waals surface area contributed by atoms with Gasteiger partial charge in [0.1, 0.15) is 0 Å². The summed E-state index contributed by atoms with van der Waals surface area (Å²) in [4.78, 5) is 0. The van der Waals surface area contributed by atoms with E-state index < -0.39 is 0 Å². The van der Waals surface area contributed by atoms with Crippen molar-refractivity contribution in [2.24, 2.45) is 11.8 Å². The molecule has 0 aromatic carbocycles. The molecule has 0 aromatic rings. The summed E-state index contributed by atoms with van der Waals surface area (Å²) in [6.07, 6.45) is 2.06. The summed E-state index contributed by atoms with van der Waals surface area (Å²) in [6.45, 7) is 12.1. The third kappa shape index (κ3) is 25.1. The quantitative estimate of drug-likeness (QED) is 0.383. The first kappa shape index (κ1) is 42.9. The van der Waals surface area contributed by atoms with E-state index in [-0.39, 0.29) is 126 Å². The van der Waals surface area contributed by atoms with E-state index >= 15 is 0 Å². The van der Waals surface area contributed by atoms with Crippen LogP contribution in [0.4, 0.5) is 0 Å². The van der Waals surface area contributed by atoms with Gasteiger partial charge in [-0.1, -0.05) is 19.8 Å². The molecule has 0 spiro atoms. The molecule has 0 radical (unpaired) electrons. The molecule has 84 valence electrons. The van der Waals surface area contributed by atoms with Crippen LogP contribution in [0.15, 0.2) is 0 Å². The zero-order valence-corrected chi connectivity index (χ0v) is 26.0. The van der Waals surface area contributed by atoms with E-state index in [2.05, 4.69) is 27.7 Å². The molecule has 0 rings (SSSR count). The maximum absolute atomic E-state index is 3.84. The molecule has 0 unspecified atom stereocenters. The van der Waals surface area contributed by atoms with Crippen molar-refractivity contribution in [2.45, 2.75) is 26.7 Å². The molecular weight excluding hydrogens is 1200 g/mol. The van der Waals surface area contributed by atoms with Crippen molar-refractivity contribution in [3.63, 3.8) is 0 Å². The van der Waals surface area contributed by atoms with Gasteiger partial charge in [-0.2, -0.15) is 12.8 Å². The molecule has 0 aromatic heterocycles. The topological polar surface area (TPSA) is 0 Å². The first-order valence-corrected chi connectivity index (χ1v) is 3.30. The normalized spacial score (nSPS) is 6.43. The van der Waals surface area contributed by atoms with Gasteiger partial charge in [0.05, 0.1) is 0 Å². The minimum absolute atomic E-state index is 0. The van der Waals surface area contributed by atoms with Crippen molar-refractivity contribution in [2.75, 3.05) is 0 Å². The second kappa shape index (κ2) is 30.3. The Morgan fingerprint density at radius 2 is 1.00 bits per heavy atom. The Morgan fingerprint density at radius 1 is 0.786 bits per heavy atom. The maximum atomic E-state index is 3.84. The average Bonchev–Trinajstić information content (AvgIpc) is 1.69. The standard InChI is InChI=1S/C8H16.6W/c1-5-8(6-2)7(3)4;;;;;;/h7-8H,1-2,5-6H2,3-4H3;;;;;;/q-2;;;;;;+2. The van der Waals surface area contributed by atoms with E-state index in [4.69, 9.17) is 0 Å². The molecule has 0 amide bonds. The van der Waals surface area contributed by atoms with Gasteiger partial charge in [0.25, 0.3) is 0 Å². The summed E-state index contributed by atoms with van der Waals surface area (Å²) in [5.74, 6) is 1.49. The van der Waals surface area contributed by atoms with Crippen LogP contribution < -0.4 is 0 Å². The Bertz CT molecular complexity index is 55.8. The third-order valence-electron chi connectivity index (χ3n) is 1.68. The summed E-state index contributed by atoms with van der Waals surface area (Å²) in [5, 5.41) is 0. The van der Waals surface area contributed by atoms with Crippen molar-refractivity contribution >= 4 is 0 Å². The molecule has 0 bridgehead atoms. The van der Waals surface area contributed by atoms with Gasteiger partial charge in [-0.25, -0.2) is 0 Å². The molecule has 0 aliphatic carbocycles. The van der Waals surface area contributed by atoms with Crippen LogP contribution in [0, 0.1) is 25.7 Å². The molecule has 0 saturated heterocycles. The second-order valence-electron chi connectivity index (χ2n) is 2.58. The molecule has 0 heterocycles. The van der Waals surface area contributed by atoms with Crippen LogP contribution in [-0.2, 0) is 126 Å². The third-order valence-corrected chi connectivity index (χ3v) is 1.68. The molecule has 14 heavy (non-hydrogen) atoms. The van der Waals surface area contributed by atoms with E-state index in [1.807, 2.05) is 0 Å².